The molecule has 1 heterocycles. The Morgan fingerprint density at radius 1 is 1.29 bits per heavy atom. The second-order valence-electron chi connectivity index (χ2n) is 6.74. The standard InChI is InChI=1S/C19H26FN3O/c1-12(2)11-23-15(5)17(14(4)22-23)8-9-19(24)21-16-7-6-13(3)18(20)10-16/h6-7,10,12H,8-9,11H2,1-5H3,(H,21,24). The molecule has 0 saturated heterocycles. The van der Waals surface area contributed by atoms with Crippen molar-refractivity contribution in [3.8, 4) is 0 Å². The van der Waals surface area contributed by atoms with Crippen LogP contribution in [0.25, 0.3) is 0 Å². The largest absolute Gasteiger partial charge is 0.326 e. The van der Waals surface area contributed by atoms with Gasteiger partial charge in [-0.05, 0) is 56.4 Å². The number of aryl methyl sites for hydroxylation is 2. The molecule has 5 heteroatoms. The molecule has 130 valence electrons. The molecular weight excluding hydrogens is 305 g/mol. The maximum atomic E-state index is 13.5. The molecule has 0 aliphatic carbocycles. The van der Waals surface area contributed by atoms with E-state index in [-0.39, 0.29) is 11.7 Å². The molecule has 0 saturated carbocycles. The van der Waals surface area contributed by atoms with Gasteiger partial charge in [-0.3, -0.25) is 9.48 Å². The normalized spacial score (nSPS) is 11.1. The molecule has 1 aromatic heterocycles. The molecule has 0 fully saturated rings. The van der Waals surface area contributed by atoms with E-state index in [0.29, 0.717) is 30.0 Å². The number of anilines is 1. The average Bonchev–Trinajstić information content (AvgIpc) is 2.74. The van der Waals surface area contributed by atoms with Gasteiger partial charge in [-0.1, -0.05) is 19.9 Å². The molecule has 1 amide bonds. The van der Waals surface area contributed by atoms with E-state index in [1.54, 1.807) is 19.1 Å². The quantitative estimate of drug-likeness (QED) is 0.863. The van der Waals surface area contributed by atoms with Crippen molar-refractivity contribution < 1.29 is 9.18 Å². The van der Waals surface area contributed by atoms with Crippen LogP contribution in [0, 0.1) is 32.5 Å². The Labute approximate surface area is 143 Å². The lowest BCUT2D eigenvalue weighted by molar-refractivity contribution is -0.116. The van der Waals surface area contributed by atoms with Gasteiger partial charge in [0.15, 0.2) is 0 Å². The van der Waals surface area contributed by atoms with Crippen LogP contribution in [0.2, 0.25) is 0 Å². The van der Waals surface area contributed by atoms with Gasteiger partial charge in [0.2, 0.25) is 5.91 Å². The number of nitrogens with one attached hydrogen (secondary N) is 1. The van der Waals surface area contributed by atoms with Gasteiger partial charge in [-0.25, -0.2) is 4.39 Å². The number of halogens is 1. The van der Waals surface area contributed by atoms with Gasteiger partial charge in [-0.2, -0.15) is 5.10 Å². The fraction of sp³-hybridized carbons (Fsp3) is 0.474. The summed E-state index contributed by atoms with van der Waals surface area (Å²) in [6.45, 7) is 10.9. The van der Waals surface area contributed by atoms with Crippen LogP contribution in [-0.4, -0.2) is 15.7 Å². The summed E-state index contributed by atoms with van der Waals surface area (Å²) in [5.74, 6) is 0.0960. The first kappa shape index (κ1) is 18.2. The maximum Gasteiger partial charge on any atom is 0.224 e. The van der Waals surface area contributed by atoms with Crippen molar-refractivity contribution >= 4 is 11.6 Å². The number of carbonyl (C=O) groups excluding carboxylic acids is 1. The summed E-state index contributed by atoms with van der Waals surface area (Å²) in [6, 6.07) is 4.73. The summed E-state index contributed by atoms with van der Waals surface area (Å²) >= 11 is 0. The Morgan fingerprint density at radius 2 is 2.00 bits per heavy atom. The predicted molar refractivity (Wildman–Crippen MR) is 94.6 cm³/mol. The third-order valence-electron chi connectivity index (χ3n) is 4.13. The highest BCUT2D eigenvalue weighted by molar-refractivity contribution is 5.90. The van der Waals surface area contributed by atoms with Crippen LogP contribution in [0.5, 0.6) is 0 Å². The average molecular weight is 331 g/mol. The minimum Gasteiger partial charge on any atom is -0.326 e. The van der Waals surface area contributed by atoms with Gasteiger partial charge in [0, 0.05) is 24.3 Å². The zero-order valence-corrected chi connectivity index (χ0v) is 15.1. The molecule has 0 bridgehead atoms. The van der Waals surface area contributed by atoms with Gasteiger partial charge in [0.1, 0.15) is 5.82 Å². The minimum absolute atomic E-state index is 0.117. The van der Waals surface area contributed by atoms with Crippen molar-refractivity contribution in [2.75, 3.05) is 5.32 Å². The van der Waals surface area contributed by atoms with Crippen LogP contribution >= 0.6 is 0 Å². The van der Waals surface area contributed by atoms with E-state index < -0.39 is 0 Å². The molecule has 0 radical (unpaired) electrons. The smallest absolute Gasteiger partial charge is 0.224 e. The number of nitrogens with zero attached hydrogens (tertiary/aromatic N) is 2. The van der Waals surface area contributed by atoms with Crippen LogP contribution in [0.1, 0.15) is 42.8 Å². The minimum atomic E-state index is -0.311. The van der Waals surface area contributed by atoms with Crippen LogP contribution in [0.3, 0.4) is 0 Å². The fourth-order valence-corrected chi connectivity index (χ4v) is 2.75. The summed E-state index contributed by atoms with van der Waals surface area (Å²) in [5.41, 5.74) is 4.28. The topological polar surface area (TPSA) is 46.9 Å². The van der Waals surface area contributed by atoms with Crippen LogP contribution < -0.4 is 5.32 Å². The SMILES string of the molecule is Cc1ccc(NC(=O)CCc2c(C)nn(CC(C)C)c2C)cc1F. The first-order valence-electron chi connectivity index (χ1n) is 8.36. The molecule has 0 unspecified atom stereocenters. The lowest BCUT2D eigenvalue weighted by Gasteiger charge is -2.08. The fourth-order valence-electron chi connectivity index (χ4n) is 2.75. The van der Waals surface area contributed by atoms with Gasteiger partial charge >= 0.3 is 0 Å². The van der Waals surface area contributed by atoms with Crippen molar-refractivity contribution in [2.24, 2.45) is 5.92 Å². The molecule has 2 rings (SSSR count). The van der Waals surface area contributed by atoms with Crippen molar-refractivity contribution in [3.63, 3.8) is 0 Å². The third-order valence-corrected chi connectivity index (χ3v) is 4.13. The molecule has 0 spiro atoms. The summed E-state index contributed by atoms with van der Waals surface area (Å²) in [5, 5.41) is 7.32. The highest BCUT2D eigenvalue weighted by atomic mass is 19.1. The highest BCUT2D eigenvalue weighted by Crippen LogP contribution is 2.18. The van der Waals surface area contributed by atoms with Gasteiger partial charge in [0.05, 0.1) is 5.69 Å². The zero-order valence-electron chi connectivity index (χ0n) is 15.1. The monoisotopic (exact) mass is 331 g/mol. The number of aromatic nitrogens is 2. The predicted octanol–water partition coefficient (Wildman–Crippen LogP) is 4.17. The Bertz CT molecular complexity index is 734. The second kappa shape index (κ2) is 7.60. The number of carbonyl (C=O) groups is 1. The third kappa shape index (κ3) is 4.43. The second-order valence-corrected chi connectivity index (χ2v) is 6.74. The first-order chi connectivity index (χ1) is 11.3. The Morgan fingerprint density at radius 3 is 2.62 bits per heavy atom. The van der Waals surface area contributed by atoms with Crippen molar-refractivity contribution in [2.45, 2.75) is 54.0 Å². The molecular formula is C19H26FN3O. The number of hydrogen-bond donors (Lipinski definition) is 1. The molecule has 1 aromatic carbocycles. The van der Waals surface area contributed by atoms with Crippen molar-refractivity contribution in [3.05, 3.63) is 46.5 Å². The highest BCUT2D eigenvalue weighted by Gasteiger charge is 2.14. The molecule has 0 atom stereocenters. The molecule has 2 aromatic rings. The Balaban J connectivity index is 1.98. The number of amides is 1. The summed E-state index contributed by atoms with van der Waals surface area (Å²) in [7, 11) is 0. The Hall–Kier alpha value is -2.17. The molecule has 24 heavy (non-hydrogen) atoms. The van der Waals surface area contributed by atoms with E-state index in [1.807, 2.05) is 18.5 Å². The van der Waals surface area contributed by atoms with Crippen molar-refractivity contribution in [1.82, 2.24) is 9.78 Å². The molecule has 1 N–H and O–H groups in total. The maximum absolute atomic E-state index is 13.5. The summed E-state index contributed by atoms with van der Waals surface area (Å²) < 4.78 is 15.5. The van der Waals surface area contributed by atoms with E-state index >= 15 is 0 Å². The van der Waals surface area contributed by atoms with Crippen LogP contribution in [0.4, 0.5) is 10.1 Å². The lowest BCUT2D eigenvalue weighted by atomic mass is 10.1. The molecule has 0 aliphatic heterocycles. The van der Waals surface area contributed by atoms with Gasteiger partial charge < -0.3 is 5.32 Å². The van der Waals surface area contributed by atoms with E-state index in [4.69, 9.17) is 0 Å². The lowest BCUT2D eigenvalue weighted by Crippen LogP contribution is -2.13. The van der Waals surface area contributed by atoms with E-state index in [1.165, 1.54) is 6.07 Å². The van der Waals surface area contributed by atoms with Crippen LogP contribution in [0.15, 0.2) is 18.2 Å². The first-order valence-corrected chi connectivity index (χ1v) is 8.36. The number of benzene rings is 1. The Kier molecular flexibility index (Phi) is 5.75. The molecule has 4 nitrogen and oxygen atoms in total. The summed E-state index contributed by atoms with van der Waals surface area (Å²) in [4.78, 5) is 12.1. The number of hydrogen-bond acceptors (Lipinski definition) is 2. The van der Waals surface area contributed by atoms with Crippen molar-refractivity contribution in [1.29, 1.82) is 0 Å². The van der Waals surface area contributed by atoms with Gasteiger partial charge in [0.25, 0.3) is 0 Å². The number of rotatable bonds is 6. The summed E-state index contributed by atoms with van der Waals surface area (Å²) in [6.07, 6.45) is 0.987. The van der Waals surface area contributed by atoms with E-state index in [2.05, 4.69) is 24.3 Å². The van der Waals surface area contributed by atoms with E-state index in [0.717, 1.165) is 23.5 Å². The van der Waals surface area contributed by atoms with Crippen LogP contribution in [-0.2, 0) is 17.8 Å². The molecule has 0 aliphatic rings. The van der Waals surface area contributed by atoms with E-state index in [9.17, 15) is 9.18 Å². The zero-order chi connectivity index (χ0) is 17.9. The van der Waals surface area contributed by atoms with Gasteiger partial charge in [-0.15, -0.1) is 0 Å².